The molecule has 0 spiro atoms. The van der Waals surface area contributed by atoms with Gasteiger partial charge in [-0.05, 0) is 19.4 Å². The van der Waals surface area contributed by atoms with Crippen LogP contribution in [0.3, 0.4) is 0 Å². The molecular formula is C17H29IN4O2. The summed E-state index contributed by atoms with van der Waals surface area (Å²) in [7, 11) is 1.68. The second-order valence-corrected chi connectivity index (χ2v) is 5.64. The average molecular weight is 448 g/mol. The Morgan fingerprint density at radius 1 is 1.21 bits per heavy atom. The largest absolute Gasteiger partial charge is 0.396 e. The first kappa shape index (κ1) is 22.6. The van der Waals surface area contributed by atoms with Crippen LogP contribution in [-0.4, -0.2) is 49.8 Å². The van der Waals surface area contributed by atoms with Gasteiger partial charge in [0.25, 0.3) is 0 Å². The first-order valence-corrected chi connectivity index (χ1v) is 7.96. The van der Waals surface area contributed by atoms with Crippen LogP contribution in [0.15, 0.2) is 35.3 Å². The van der Waals surface area contributed by atoms with Crippen molar-refractivity contribution < 1.29 is 9.90 Å². The summed E-state index contributed by atoms with van der Waals surface area (Å²) >= 11 is 0. The first-order chi connectivity index (χ1) is 11.1. The zero-order valence-electron chi connectivity index (χ0n) is 14.6. The summed E-state index contributed by atoms with van der Waals surface area (Å²) in [5.41, 5.74) is 1.08. The molecule has 0 saturated carbocycles. The molecule has 0 saturated heterocycles. The fourth-order valence-electron chi connectivity index (χ4n) is 2.14. The Balaban J connectivity index is 0.00000529. The monoisotopic (exact) mass is 448 g/mol. The molecule has 0 fully saturated rings. The maximum absolute atomic E-state index is 11.6. The minimum atomic E-state index is -0.000936. The number of halogens is 1. The molecule has 0 radical (unpaired) electrons. The van der Waals surface area contributed by atoms with Crippen molar-refractivity contribution in [1.29, 1.82) is 0 Å². The Bertz CT molecular complexity index is 495. The van der Waals surface area contributed by atoms with Crippen molar-refractivity contribution in [2.45, 2.75) is 32.2 Å². The molecule has 4 N–H and O–H groups in total. The highest BCUT2D eigenvalue weighted by Gasteiger charge is 2.11. The van der Waals surface area contributed by atoms with Crippen LogP contribution in [0.5, 0.6) is 0 Å². The normalized spacial score (nSPS) is 12.3. The van der Waals surface area contributed by atoms with E-state index in [0.29, 0.717) is 25.5 Å². The number of aliphatic hydroxyl groups is 1. The van der Waals surface area contributed by atoms with Crippen LogP contribution < -0.4 is 16.0 Å². The standard InChI is InChI=1S/C17H28N4O2.HI/c1-13(2)21-16(23)9-10-19-17(18-3)20-11-15(12-22)14-7-5-4-6-8-14;/h4-8,13,15,22H,9-12H2,1-3H3,(H,21,23)(H2,18,19,20);1H. The lowest BCUT2D eigenvalue weighted by molar-refractivity contribution is -0.121. The summed E-state index contributed by atoms with van der Waals surface area (Å²) in [6.07, 6.45) is 0.390. The van der Waals surface area contributed by atoms with Gasteiger partial charge >= 0.3 is 0 Å². The second kappa shape index (κ2) is 13.0. The molecule has 1 aromatic carbocycles. The molecular weight excluding hydrogens is 419 g/mol. The Kier molecular flexibility index (Phi) is 12.3. The van der Waals surface area contributed by atoms with Crippen LogP contribution in [0, 0.1) is 0 Å². The van der Waals surface area contributed by atoms with Crippen molar-refractivity contribution in [2.75, 3.05) is 26.7 Å². The van der Waals surface area contributed by atoms with Gasteiger partial charge in [-0.2, -0.15) is 0 Å². The maximum atomic E-state index is 11.6. The minimum absolute atomic E-state index is 0. The molecule has 1 rings (SSSR count). The van der Waals surface area contributed by atoms with Crippen molar-refractivity contribution in [3.05, 3.63) is 35.9 Å². The van der Waals surface area contributed by atoms with Gasteiger partial charge in [0.1, 0.15) is 0 Å². The molecule has 0 aliphatic rings. The molecule has 1 atom stereocenters. The number of benzene rings is 1. The van der Waals surface area contributed by atoms with Gasteiger partial charge in [0, 0.05) is 38.5 Å². The summed E-state index contributed by atoms with van der Waals surface area (Å²) in [5, 5.41) is 18.7. The highest BCUT2D eigenvalue weighted by atomic mass is 127. The number of carbonyl (C=O) groups excluding carboxylic acids is 1. The molecule has 136 valence electrons. The summed E-state index contributed by atoms with van der Waals surface area (Å²) < 4.78 is 0. The van der Waals surface area contributed by atoms with Crippen LogP contribution >= 0.6 is 24.0 Å². The molecule has 24 heavy (non-hydrogen) atoms. The van der Waals surface area contributed by atoms with Gasteiger partial charge in [-0.25, -0.2) is 0 Å². The van der Waals surface area contributed by atoms with Crippen LogP contribution in [0.25, 0.3) is 0 Å². The van der Waals surface area contributed by atoms with Crippen molar-refractivity contribution >= 4 is 35.8 Å². The Hall–Kier alpha value is -1.35. The van der Waals surface area contributed by atoms with Gasteiger partial charge in [0.15, 0.2) is 5.96 Å². The van der Waals surface area contributed by atoms with Crippen LogP contribution in [0.2, 0.25) is 0 Å². The summed E-state index contributed by atoms with van der Waals surface area (Å²) in [5.74, 6) is 0.635. The van der Waals surface area contributed by atoms with E-state index in [1.165, 1.54) is 0 Å². The minimum Gasteiger partial charge on any atom is -0.396 e. The van der Waals surface area contributed by atoms with Crippen molar-refractivity contribution in [3.8, 4) is 0 Å². The van der Waals surface area contributed by atoms with E-state index in [1.54, 1.807) is 7.05 Å². The van der Waals surface area contributed by atoms with Crippen LogP contribution in [-0.2, 0) is 4.79 Å². The molecule has 0 aliphatic carbocycles. The Morgan fingerprint density at radius 3 is 2.42 bits per heavy atom. The van der Waals surface area contributed by atoms with E-state index in [2.05, 4.69) is 20.9 Å². The van der Waals surface area contributed by atoms with Crippen LogP contribution in [0.4, 0.5) is 0 Å². The molecule has 1 unspecified atom stereocenters. The summed E-state index contributed by atoms with van der Waals surface area (Å²) in [6, 6.07) is 10.0. The van der Waals surface area contributed by atoms with Gasteiger partial charge in [0.05, 0.1) is 6.61 Å². The number of hydrogen-bond donors (Lipinski definition) is 4. The third-order valence-electron chi connectivity index (χ3n) is 3.33. The van der Waals surface area contributed by atoms with Gasteiger partial charge in [0.2, 0.25) is 5.91 Å². The van der Waals surface area contributed by atoms with E-state index < -0.39 is 0 Å². The summed E-state index contributed by atoms with van der Waals surface area (Å²) in [4.78, 5) is 15.7. The number of nitrogens with one attached hydrogen (secondary N) is 3. The zero-order chi connectivity index (χ0) is 17.1. The van der Waals surface area contributed by atoms with Crippen molar-refractivity contribution in [2.24, 2.45) is 4.99 Å². The predicted molar refractivity (Wildman–Crippen MR) is 109 cm³/mol. The number of hydrogen-bond acceptors (Lipinski definition) is 3. The third-order valence-corrected chi connectivity index (χ3v) is 3.33. The number of nitrogens with zero attached hydrogens (tertiary/aromatic N) is 1. The first-order valence-electron chi connectivity index (χ1n) is 7.96. The summed E-state index contributed by atoms with van der Waals surface area (Å²) in [6.45, 7) is 5.01. The van der Waals surface area contributed by atoms with Crippen molar-refractivity contribution in [1.82, 2.24) is 16.0 Å². The predicted octanol–water partition coefficient (Wildman–Crippen LogP) is 1.46. The van der Waals surface area contributed by atoms with Gasteiger partial charge in [-0.1, -0.05) is 30.3 Å². The Morgan fingerprint density at radius 2 is 1.88 bits per heavy atom. The SMILES string of the molecule is CN=C(NCCC(=O)NC(C)C)NCC(CO)c1ccccc1.I. The smallest absolute Gasteiger partial charge is 0.221 e. The van der Waals surface area contributed by atoms with Gasteiger partial charge in [-0.15, -0.1) is 24.0 Å². The number of aliphatic imine (C=N–C) groups is 1. The lowest BCUT2D eigenvalue weighted by Gasteiger charge is -2.18. The molecule has 6 nitrogen and oxygen atoms in total. The number of amides is 1. The molecule has 1 aromatic rings. The molecule has 0 bridgehead atoms. The van der Waals surface area contributed by atoms with E-state index in [9.17, 15) is 9.90 Å². The maximum Gasteiger partial charge on any atom is 0.221 e. The molecule has 0 aromatic heterocycles. The van der Waals surface area contributed by atoms with Gasteiger partial charge < -0.3 is 21.1 Å². The molecule has 0 aliphatic heterocycles. The lowest BCUT2D eigenvalue weighted by Crippen LogP contribution is -2.41. The Labute approximate surface area is 161 Å². The number of guanidine groups is 1. The molecule has 0 heterocycles. The second-order valence-electron chi connectivity index (χ2n) is 5.64. The topological polar surface area (TPSA) is 85.8 Å². The number of rotatable bonds is 8. The molecule has 7 heteroatoms. The quantitative estimate of drug-likeness (QED) is 0.276. The van der Waals surface area contributed by atoms with E-state index >= 15 is 0 Å². The van der Waals surface area contributed by atoms with E-state index in [1.807, 2.05) is 44.2 Å². The fraction of sp³-hybridized carbons (Fsp3) is 0.529. The number of aliphatic hydroxyl groups excluding tert-OH is 1. The lowest BCUT2D eigenvalue weighted by atomic mass is 10.0. The highest BCUT2D eigenvalue weighted by molar-refractivity contribution is 14.0. The van der Waals surface area contributed by atoms with E-state index in [0.717, 1.165) is 5.56 Å². The highest BCUT2D eigenvalue weighted by Crippen LogP contribution is 2.13. The average Bonchev–Trinajstić information content (AvgIpc) is 2.54. The van der Waals surface area contributed by atoms with Crippen molar-refractivity contribution in [3.63, 3.8) is 0 Å². The van der Waals surface area contributed by atoms with E-state index in [-0.39, 0.29) is 48.5 Å². The van der Waals surface area contributed by atoms with Crippen LogP contribution in [0.1, 0.15) is 31.7 Å². The molecule has 1 amide bonds. The fourth-order valence-corrected chi connectivity index (χ4v) is 2.14. The number of carbonyl (C=O) groups is 1. The van der Waals surface area contributed by atoms with E-state index in [4.69, 9.17) is 0 Å². The van der Waals surface area contributed by atoms with Gasteiger partial charge in [-0.3, -0.25) is 9.79 Å². The zero-order valence-corrected chi connectivity index (χ0v) is 16.9. The third kappa shape index (κ3) is 9.07.